The molecular formula is C12H16F2N2O2S. The minimum Gasteiger partial charge on any atom is -0.315 e. The van der Waals surface area contributed by atoms with Crippen molar-refractivity contribution in [1.82, 2.24) is 10.0 Å². The summed E-state index contributed by atoms with van der Waals surface area (Å²) in [5.74, 6) is -2.04. The average molecular weight is 290 g/mol. The van der Waals surface area contributed by atoms with E-state index in [1.807, 2.05) is 6.92 Å². The van der Waals surface area contributed by atoms with Crippen LogP contribution in [0.3, 0.4) is 0 Å². The summed E-state index contributed by atoms with van der Waals surface area (Å²) in [6.45, 7) is 3.34. The molecule has 106 valence electrons. The Kier molecular flexibility index (Phi) is 4.17. The Hall–Kier alpha value is -1.05. The number of benzene rings is 1. The third kappa shape index (κ3) is 3.29. The lowest BCUT2D eigenvalue weighted by Crippen LogP contribution is -2.50. The quantitative estimate of drug-likeness (QED) is 0.880. The molecule has 4 nitrogen and oxygen atoms in total. The Bertz CT molecular complexity index is 563. The number of hydrogen-bond donors (Lipinski definition) is 2. The van der Waals surface area contributed by atoms with Crippen molar-refractivity contribution < 1.29 is 17.2 Å². The zero-order valence-corrected chi connectivity index (χ0v) is 11.3. The highest BCUT2D eigenvalue weighted by molar-refractivity contribution is 7.89. The molecule has 19 heavy (non-hydrogen) atoms. The lowest BCUT2D eigenvalue weighted by molar-refractivity contribution is 0.327. The standard InChI is InChI=1S/C12H16F2N2O2S/c1-8-4-5-15-7-12(8)16-19(17,18)9-2-3-10(13)11(14)6-9/h2-3,6,8,12,15-16H,4-5,7H2,1H3. The van der Waals surface area contributed by atoms with Crippen molar-refractivity contribution in [2.45, 2.75) is 24.3 Å². The van der Waals surface area contributed by atoms with Crippen LogP contribution in [0.5, 0.6) is 0 Å². The molecule has 2 rings (SSSR count). The van der Waals surface area contributed by atoms with E-state index in [1.54, 1.807) is 0 Å². The number of nitrogens with one attached hydrogen (secondary N) is 2. The molecule has 7 heteroatoms. The van der Waals surface area contributed by atoms with Crippen LogP contribution in [-0.2, 0) is 10.0 Å². The van der Waals surface area contributed by atoms with Gasteiger partial charge in [0.05, 0.1) is 4.90 Å². The summed E-state index contributed by atoms with van der Waals surface area (Å²) in [7, 11) is -3.83. The van der Waals surface area contributed by atoms with Crippen molar-refractivity contribution in [3.05, 3.63) is 29.8 Å². The predicted octanol–water partition coefficient (Wildman–Crippen LogP) is 1.24. The van der Waals surface area contributed by atoms with Gasteiger partial charge in [-0.2, -0.15) is 0 Å². The third-order valence-corrected chi connectivity index (χ3v) is 4.82. The topological polar surface area (TPSA) is 58.2 Å². The lowest BCUT2D eigenvalue weighted by Gasteiger charge is -2.29. The van der Waals surface area contributed by atoms with Crippen LogP contribution in [0.4, 0.5) is 8.78 Å². The molecule has 1 heterocycles. The molecular weight excluding hydrogens is 274 g/mol. The fourth-order valence-electron chi connectivity index (χ4n) is 2.06. The van der Waals surface area contributed by atoms with Crippen LogP contribution in [-0.4, -0.2) is 27.5 Å². The molecule has 1 aliphatic rings. The zero-order chi connectivity index (χ0) is 14.0. The molecule has 2 atom stereocenters. The van der Waals surface area contributed by atoms with Crippen LogP contribution in [0.25, 0.3) is 0 Å². The molecule has 0 bridgehead atoms. The second kappa shape index (κ2) is 5.52. The van der Waals surface area contributed by atoms with E-state index in [2.05, 4.69) is 10.0 Å². The molecule has 1 aliphatic heterocycles. The van der Waals surface area contributed by atoms with Gasteiger partial charge in [0.25, 0.3) is 0 Å². The largest absolute Gasteiger partial charge is 0.315 e. The first-order valence-corrected chi connectivity index (χ1v) is 7.56. The average Bonchev–Trinajstić information content (AvgIpc) is 2.35. The minimum absolute atomic E-state index is 0.196. The summed E-state index contributed by atoms with van der Waals surface area (Å²) >= 11 is 0. The molecule has 0 radical (unpaired) electrons. The van der Waals surface area contributed by atoms with Gasteiger partial charge in [-0.15, -0.1) is 0 Å². The van der Waals surface area contributed by atoms with E-state index in [1.165, 1.54) is 0 Å². The molecule has 0 amide bonds. The molecule has 1 fully saturated rings. The van der Waals surface area contributed by atoms with Crippen molar-refractivity contribution >= 4 is 10.0 Å². The van der Waals surface area contributed by atoms with E-state index in [0.29, 0.717) is 12.6 Å². The highest BCUT2D eigenvalue weighted by atomic mass is 32.2. The van der Waals surface area contributed by atoms with E-state index >= 15 is 0 Å². The van der Waals surface area contributed by atoms with Crippen LogP contribution < -0.4 is 10.0 Å². The summed E-state index contributed by atoms with van der Waals surface area (Å²) in [4.78, 5) is -0.260. The first kappa shape index (κ1) is 14.4. The number of rotatable bonds is 3. The maximum Gasteiger partial charge on any atom is 0.240 e. The highest BCUT2D eigenvalue weighted by Gasteiger charge is 2.27. The molecule has 1 aromatic carbocycles. The van der Waals surface area contributed by atoms with Crippen molar-refractivity contribution in [3.63, 3.8) is 0 Å². The summed E-state index contributed by atoms with van der Waals surface area (Å²) < 4.78 is 52.6. The molecule has 0 saturated carbocycles. The summed E-state index contributed by atoms with van der Waals surface area (Å²) in [5, 5.41) is 3.10. The molecule has 1 aromatic rings. The Morgan fingerprint density at radius 3 is 2.68 bits per heavy atom. The van der Waals surface area contributed by atoms with E-state index in [9.17, 15) is 17.2 Å². The Morgan fingerprint density at radius 1 is 1.32 bits per heavy atom. The summed E-state index contributed by atoms with van der Waals surface area (Å²) in [6.07, 6.45) is 0.866. The van der Waals surface area contributed by atoms with Crippen LogP contribution in [0.15, 0.2) is 23.1 Å². The van der Waals surface area contributed by atoms with Gasteiger partial charge in [0.15, 0.2) is 11.6 Å². The fourth-order valence-corrected chi connectivity index (χ4v) is 3.41. The second-order valence-corrected chi connectivity index (χ2v) is 6.49. The first-order chi connectivity index (χ1) is 8.90. The molecule has 0 spiro atoms. The number of sulfonamides is 1. The monoisotopic (exact) mass is 290 g/mol. The third-order valence-electron chi connectivity index (χ3n) is 3.34. The van der Waals surface area contributed by atoms with Gasteiger partial charge < -0.3 is 5.32 Å². The van der Waals surface area contributed by atoms with Gasteiger partial charge in [0.2, 0.25) is 10.0 Å². The molecule has 1 saturated heterocycles. The summed E-state index contributed by atoms with van der Waals surface area (Å²) in [5.41, 5.74) is 0. The van der Waals surface area contributed by atoms with E-state index in [0.717, 1.165) is 25.1 Å². The van der Waals surface area contributed by atoms with Crippen molar-refractivity contribution in [3.8, 4) is 0 Å². The first-order valence-electron chi connectivity index (χ1n) is 6.08. The van der Waals surface area contributed by atoms with E-state index < -0.39 is 21.7 Å². The number of piperidine rings is 1. The smallest absolute Gasteiger partial charge is 0.240 e. The summed E-state index contributed by atoms with van der Waals surface area (Å²) in [6, 6.07) is 2.32. The van der Waals surface area contributed by atoms with Crippen molar-refractivity contribution in [1.29, 1.82) is 0 Å². The second-order valence-electron chi connectivity index (χ2n) is 4.77. The van der Waals surface area contributed by atoms with Crippen LogP contribution in [0, 0.1) is 17.6 Å². The number of hydrogen-bond acceptors (Lipinski definition) is 3. The van der Waals surface area contributed by atoms with E-state index in [-0.39, 0.29) is 16.9 Å². The fraction of sp³-hybridized carbons (Fsp3) is 0.500. The van der Waals surface area contributed by atoms with Gasteiger partial charge in [-0.3, -0.25) is 0 Å². The SMILES string of the molecule is CC1CCNCC1NS(=O)(=O)c1ccc(F)c(F)c1. The van der Waals surface area contributed by atoms with Crippen molar-refractivity contribution in [2.75, 3.05) is 13.1 Å². The van der Waals surface area contributed by atoms with Crippen LogP contribution >= 0.6 is 0 Å². The van der Waals surface area contributed by atoms with Gasteiger partial charge in [-0.05, 0) is 37.1 Å². The molecule has 0 aliphatic carbocycles. The van der Waals surface area contributed by atoms with Gasteiger partial charge in [-0.25, -0.2) is 21.9 Å². The van der Waals surface area contributed by atoms with Gasteiger partial charge in [-0.1, -0.05) is 6.92 Å². The van der Waals surface area contributed by atoms with Gasteiger partial charge in [0.1, 0.15) is 0 Å². The maximum absolute atomic E-state index is 13.1. The Balaban J connectivity index is 2.19. The Morgan fingerprint density at radius 2 is 2.05 bits per heavy atom. The molecule has 0 aromatic heterocycles. The zero-order valence-electron chi connectivity index (χ0n) is 10.5. The number of halogens is 2. The molecule has 2 N–H and O–H groups in total. The van der Waals surface area contributed by atoms with Crippen molar-refractivity contribution in [2.24, 2.45) is 5.92 Å². The van der Waals surface area contributed by atoms with Gasteiger partial charge in [0, 0.05) is 12.6 Å². The minimum atomic E-state index is -3.83. The Labute approximate surface area is 111 Å². The highest BCUT2D eigenvalue weighted by Crippen LogP contribution is 2.17. The normalized spacial score (nSPS) is 24.4. The van der Waals surface area contributed by atoms with Crippen LogP contribution in [0.1, 0.15) is 13.3 Å². The van der Waals surface area contributed by atoms with E-state index in [4.69, 9.17) is 0 Å². The van der Waals surface area contributed by atoms with Gasteiger partial charge >= 0.3 is 0 Å². The molecule has 2 unspecified atom stereocenters. The lowest BCUT2D eigenvalue weighted by atomic mass is 9.96. The predicted molar refractivity (Wildman–Crippen MR) is 67.1 cm³/mol. The van der Waals surface area contributed by atoms with Crippen LogP contribution in [0.2, 0.25) is 0 Å². The maximum atomic E-state index is 13.1.